The van der Waals surface area contributed by atoms with Crippen molar-refractivity contribution >= 4 is 80.7 Å². The van der Waals surface area contributed by atoms with Crippen molar-refractivity contribution in [3.63, 3.8) is 0 Å². The number of amides is 2. The van der Waals surface area contributed by atoms with Crippen LogP contribution in [-0.4, -0.2) is 372 Å². The number of carbonyl (C=O) groups excluding carboxylic acids is 2. The molecule has 38 heteroatoms. The number of anilines is 2. The largest absolute Gasteiger partial charge is 0.379 e. The van der Waals surface area contributed by atoms with Crippen molar-refractivity contribution in [3.8, 4) is 12.3 Å². The van der Waals surface area contributed by atoms with Gasteiger partial charge in [-0.25, -0.2) is 8.78 Å². The van der Waals surface area contributed by atoms with Crippen LogP contribution in [0, 0.1) is 12.3 Å². The summed E-state index contributed by atoms with van der Waals surface area (Å²) in [6.45, 7) is 23.4. The lowest BCUT2D eigenvalue weighted by Crippen LogP contribution is -2.44. The van der Waals surface area contributed by atoms with E-state index in [1.165, 1.54) is 64.2 Å². The Balaban J connectivity index is 0.000000347. The minimum absolute atomic E-state index is 0.0792. The number of aryl methyl sites for hydroxylation is 2. The summed E-state index contributed by atoms with van der Waals surface area (Å²) in [5.74, 6) is 2.50. The summed E-state index contributed by atoms with van der Waals surface area (Å²) >= 11 is 3.66. The number of nitrogens with one attached hydrogen (secondary N) is 4. The monoisotopic (exact) mass is 2030 g/mol. The molecule has 2 aromatic heterocycles. The van der Waals surface area contributed by atoms with E-state index < -0.39 is 13.3 Å². The first-order chi connectivity index (χ1) is 69.6. The fraction of sp³-hybridized carbons (Fsp3) is 0.615. The first-order valence-corrected chi connectivity index (χ1v) is 51.6. The lowest BCUT2D eigenvalue weighted by molar-refractivity contribution is -0.892. The van der Waals surface area contributed by atoms with E-state index in [-0.39, 0.29) is 25.0 Å². The van der Waals surface area contributed by atoms with Crippen LogP contribution in [0.4, 0.5) is 20.2 Å². The summed E-state index contributed by atoms with van der Waals surface area (Å²) in [6.07, 6.45) is 25.4. The van der Waals surface area contributed by atoms with Gasteiger partial charge in [0.05, 0.1) is 343 Å². The molecule has 790 valence electrons. The van der Waals surface area contributed by atoms with Gasteiger partial charge in [-0.15, -0.1) is 12.0 Å². The highest BCUT2D eigenvalue weighted by atomic mass is 32.2. The van der Waals surface area contributed by atoms with Crippen molar-refractivity contribution in [1.82, 2.24) is 26.6 Å². The SMILES string of the molecule is C#CCOCCOCCOCC[18F].CN1/C(=C/c2cc[n+](CCC[N+](C)(C)CCCCCC(=O)NCCOCCOCCOCCOCCOCCOCCN3C=C(COCCOCCOCC[18F])NN3)c3ccccc23)Sc2ccccc21.CN1/C(=C/c2cc[n+](CCC[N+](C)(C)CCCCCC(=O)NCCOCCOCCOCCOCCOCCOCCN=[N+]=[N-])c3ccccc23)Sc2ccccc21. The number of pyridine rings is 2. The third kappa shape index (κ3) is 54.2. The molecule has 0 aliphatic carbocycles. The Morgan fingerprint density at radius 2 is 0.782 bits per heavy atom. The van der Waals surface area contributed by atoms with Gasteiger partial charge in [-0.05, 0) is 104 Å². The third-order valence-corrected chi connectivity index (χ3v) is 24.8. The number of para-hydroxylation sites is 4. The number of carbonyl (C=O) groups is 2. The zero-order valence-corrected chi connectivity index (χ0v) is 86.7. The summed E-state index contributed by atoms with van der Waals surface area (Å²) in [5.41, 5.74) is 22.7. The molecule has 4 N–H and O–H groups in total. The van der Waals surface area contributed by atoms with Crippen LogP contribution < -0.4 is 40.5 Å². The number of benzene rings is 4. The van der Waals surface area contributed by atoms with Gasteiger partial charge < -0.3 is 120 Å². The summed E-state index contributed by atoms with van der Waals surface area (Å²) < 4.78 is 127. The van der Waals surface area contributed by atoms with Crippen molar-refractivity contribution in [2.45, 2.75) is 87.1 Å². The molecule has 34 nitrogen and oxygen atoms in total. The minimum atomic E-state index is -0.483. The molecule has 6 aromatic rings. The first kappa shape index (κ1) is 121. The van der Waals surface area contributed by atoms with Gasteiger partial charge in [0.2, 0.25) is 22.8 Å². The zero-order valence-electron chi connectivity index (χ0n) is 85.1. The lowest BCUT2D eigenvalue weighted by Gasteiger charge is -2.29. The highest BCUT2D eigenvalue weighted by Gasteiger charge is 2.26. The molecule has 0 bridgehead atoms. The van der Waals surface area contributed by atoms with E-state index in [0.29, 0.717) is 264 Å². The maximum Gasteiger partial charge on any atom is 0.220 e. The fourth-order valence-electron chi connectivity index (χ4n) is 14.9. The average molecular weight is 2030 g/mol. The second kappa shape index (κ2) is 78.0. The number of fused-ring (bicyclic) bond motifs is 4. The Labute approximate surface area is 849 Å². The second-order valence-electron chi connectivity index (χ2n) is 34.5. The Bertz CT molecular complexity index is 4570. The van der Waals surface area contributed by atoms with Crippen molar-refractivity contribution < 1.29 is 122 Å². The van der Waals surface area contributed by atoms with Crippen molar-refractivity contribution in [1.29, 1.82) is 0 Å². The number of rotatable bonds is 83. The van der Waals surface area contributed by atoms with E-state index in [1.54, 1.807) is 0 Å². The third-order valence-electron chi connectivity index (χ3n) is 22.5. The molecule has 0 fully saturated rings. The molecule has 4 aromatic carbocycles. The van der Waals surface area contributed by atoms with Crippen LogP contribution in [-0.2, 0) is 108 Å². The number of ether oxygens (including phenoxy) is 18. The smallest absolute Gasteiger partial charge is 0.220 e. The number of azide groups is 1. The van der Waals surface area contributed by atoms with Crippen molar-refractivity contribution in [2.75, 3.05) is 356 Å². The number of nitrogens with zero attached hydrogens (tertiary/aromatic N) is 10. The molecule has 0 saturated carbocycles. The summed E-state index contributed by atoms with van der Waals surface area (Å²) in [5, 5.41) is 16.2. The fourth-order valence-corrected chi connectivity index (χ4v) is 17.1. The number of unbranched alkanes of at least 4 members (excludes halogenated alkanes) is 4. The standard InChI is InChI=1S/C52H81FN7O10S.C43H64N7O7S.C9H15FO3/c1-57-49-14-8-9-15-50(49)71-52(57)42-45-17-21-58(48-13-7-6-12-47(45)48)20-11-24-60(2,3)23-10-4-5-16-51(61)54-19-26-63-29-32-65-34-36-67-38-39-68-37-35-66-33-30-64-27-22-59-43-46(55-56-59)44-70-41-40-69-31-28-62-25-18-53;1-48-40-14-8-9-15-41(40)58-43(48)36-37-17-21-49(39-13-7-6-12-38(37)39)20-11-23-50(2,3)22-10-4-5-16-42(51)45-18-24-52-26-28-54-30-32-56-34-35-57-33-31-55-29-27-53-25-19-46-47-44;1-2-4-11-6-8-13-9-7-12-5-3-10/h6-9,12-15,17,21,42-43,55-56H,4-5,10-11,16,18-20,22-41,44H2,1-3H3;6-9,12-15,17,21,36H,4-5,10-11,16,18-20,22-35H2,1-3H3;1H,3-9H2/q2*+1;/p+2/i53-1;;10-1. The highest BCUT2D eigenvalue weighted by Crippen LogP contribution is 2.47. The van der Waals surface area contributed by atoms with Gasteiger partial charge in [0.15, 0.2) is 25.5 Å². The number of halogens is 2. The first-order valence-electron chi connectivity index (χ1n) is 50.0. The molecule has 0 radical (unpaired) electrons. The Morgan fingerprint density at radius 3 is 1.17 bits per heavy atom. The molecule has 0 spiro atoms. The summed E-state index contributed by atoms with van der Waals surface area (Å²) in [4.78, 5) is 34.5. The number of hydrazine groups is 2. The lowest BCUT2D eigenvalue weighted by atomic mass is 10.1. The van der Waals surface area contributed by atoms with Crippen LogP contribution in [0.3, 0.4) is 0 Å². The maximum atomic E-state index is 12.4. The summed E-state index contributed by atoms with van der Waals surface area (Å²) in [7, 11) is 13.5. The molecule has 0 atom stereocenters. The zero-order chi connectivity index (χ0) is 101. The van der Waals surface area contributed by atoms with Gasteiger partial charge in [0.25, 0.3) is 0 Å². The van der Waals surface area contributed by atoms with Crippen molar-refractivity contribution in [2.24, 2.45) is 5.11 Å². The Hall–Kier alpha value is -8.35. The Kier molecular flexibility index (Phi) is 66.3. The van der Waals surface area contributed by atoms with E-state index in [9.17, 15) is 18.4 Å². The van der Waals surface area contributed by atoms with Gasteiger partial charge in [-0.2, -0.15) is 9.13 Å². The number of terminal acetylenes is 1. The van der Waals surface area contributed by atoms with E-state index in [2.05, 4.69) is 233 Å². The highest BCUT2D eigenvalue weighted by molar-refractivity contribution is 8.04. The predicted octanol–water partition coefficient (Wildman–Crippen LogP) is 12.0. The van der Waals surface area contributed by atoms with E-state index in [1.807, 2.05) is 34.7 Å². The molecule has 5 heterocycles. The molecule has 3 aliphatic heterocycles. The van der Waals surface area contributed by atoms with E-state index in [0.717, 1.165) is 105 Å². The van der Waals surface area contributed by atoms with Gasteiger partial charge in [-0.3, -0.25) is 14.6 Å². The molecular weight excluding hydrogens is 1870 g/mol. The van der Waals surface area contributed by atoms with Crippen LogP contribution in [0.15, 0.2) is 158 Å². The molecule has 142 heavy (non-hydrogen) atoms. The van der Waals surface area contributed by atoms with Gasteiger partial charge in [0, 0.05) is 91.7 Å². The van der Waals surface area contributed by atoms with E-state index in [4.69, 9.17) is 97.2 Å². The molecule has 3 aliphatic rings. The summed E-state index contributed by atoms with van der Waals surface area (Å²) in [6, 6.07) is 39.1. The molecule has 9 rings (SSSR count). The van der Waals surface area contributed by atoms with Crippen LogP contribution in [0.25, 0.3) is 44.4 Å². The average Bonchev–Trinajstić information content (AvgIpc) is 1.50. The molecular formula is C104H162F2N14O20S2+4. The van der Waals surface area contributed by atoms with Crippen LogP contribution in [0.5, 0.6) is 0 Å². The molecule has 0 unspecified atom stereocenters. The molecule has 0 saturated heterocycles. The predicted molar refractivity (Wildman–Crippen MR) is 552 cm³/mol. The van der Waals surface area contributed by atoms with Crippen LogP contribution >= 0.6 is 23.5 Å². The van der Waals surface area contributed by atoms with Gasteiger partial charge in [0.1, 0.15) is 20.0 Å². The number of quaternary nitrogens is 2. The second-order valence-corrected chi connectivity index (χ2v) is 36.6. The molecule has 2 amide bonds. The van der Waals surface area contributed by atoms with Gasteiger partial charge >= 0.3 is 0 Å². The normalized spacial score (nSPS) is 13.4. The van der Waals surface area contributed by atoms with Crippen LogP contribution in [0.2, 0.25) is 0 Å². The number of hydrogen-bond donors (Lipinski definition) is 4. The number of thioether (sulfide) groups is 2. The topological polar surface area (TPSA) is 315 Å². The number of aromatic nitrogens is 2. The maximum absolute atomic E-state index is 12.4. The Morgan fingerprint density at radius 1 is 0.437 bits per heavy atom. The number of alkyl halides is 2. The van der Waals surface area contributed by atoms with Crippen LogP contribution in [0.1, 0.15) is 75.3 Å². The minimum Gasteiger partial charge on any atom is -0.379 e. The van der Waals surface area contributed by atoms with E-state index >= 15 is 0 Å². The number of hydrogen-bond acceptors (Lipinski definition) is 28. The van der Waals surface area contributed by atoms with Gasteiger partial charge in [-0.1, -0.05) is 83.1 Å². The quantitative estimate of drug-likeness (QED) is 0.00524. The van der Waals surface area contributed by atoms with Crippen molar-refractivity contribution in [3.05, 3.63) is 165 Å².